The lowest BCUT2D eigenvalue weighted by molar-refractivity contribution is 0.102. The molecule has 0 saturated carbocycles. The van der Waals surface area contributed by atoms with Crippen molar-refractivity contribution < 1.29 is 9.53 Å². The van der Waals surface area contributed by atoms with Crippen molar-refractivity contribution in [2.45, 2.75) is 20.3 Å². The molecule has 0 aliphatic carbocycles. The molecule has 100 valence electrons. The number of aromatic nitrogens is 1. The Kier molecular flexibility index (Phi) is 4.56. The number of hydrogen-bond acceptors (Lipinski definition) is 4. The van der Waals surface area contributed by atoms with Gasteiger partial charge in [-0.2, -0.15) is 0 Å². The first-order chi connectivity index (χ1) is 9.08. The first-order valence-corrected chi connectivity index (χ1v) is 7.12. The van der Waals surface area contributed by atoms with Gasteiger partial charge in [0.15, 0.2) is 5.78 Å². The minimum Gasteiger partial charge on any atom is -0.492 e. The third-order valence-electron chi connectivity index (χ3n) is 2.57. The van der Waals surface area contributed by atoms with E-state index in [9.17, 15) is 4.79 Å². The van der Waals surface area contributed by atoms with Crippen molar-refractivity contribution in [2.75, 3.05) is 6.61 Å². The Balaban J connectivity index is 1.95. The summed E-state index contributed by atoms with van der Waals surface area (Å²) < 4.78 is 5.60. The molecule has 0 unspecified atom stereocenters. The third-order valence-corrected chi connectivity index (χ3v) is 4.20. The zero-order valence-corrected chi connectivity index (χ0v) is 12.3. The molecule has 1 aromatic carbocycles. The summed E-state index contributed by atoms with van der Waals surface area (Å²) >= 11 is 7.43. The highest BCUT2D eigenvalue weighted by molar-refractivity contribution is 7.13. The molecule has 0 aliphatic rings. The van der Waals surface area contributed by atoms with E-state index in [1.807, 2.05) is 25.1 Å². The van der Waals surface area contributed by atoms with Crippen molar-refractivity contribution in [3.8, 4) is 5.75 Å². The number of carbonyl (C=O) groups is 1. The van der Waals surface area contributed by atoms with Crippen LogP contribution in [-0.4, -0.2) is 17.4 Å². The Morgan fingerprint density at radius 2 is 2.16 bits per heavy atom. The number of rotatable bonds is 5. The number of halogens is 1. The van der Waals surface area contributed by atoms with E-state index < -0.39 is 0 Å². The van der Waals surface area contributed by atoms with Crippen LogP contribution in [-0.2, 0) is 6.42 Å². The van der Waals surface area contributed by atoms with E-state index in [0.29, 0.717) is 23.8 Å². The second kappa shape index (κ2) is 6.17. The molecule has 0 saturated heterocycles. The van der Waals surface area contributed by atoms with Crippen molar-refractivity contribution in [3.63, 3.8) is 0 Å². The predicted molar refractivity (Wildman–Crippen MR) is 77.5 cm³/mol. The summed E-state index contributed by atoms with van der Waals surface area (Å²) in [6, 6.07) is 7.36. The highest BCUT2D eigenvalue weighted by atomic mass is 35.5. The van der Waals surface area contributed by atoms with Crippen LogP contribution in [0.25, 0.3) is 0 Å². The van der Waals surface area contributed by atoms with Gasteiger partial charge in [-0.15, -0.1) is 11.3 Å². The van der Waals surface area contributed by atoms with Gasteiger partial charge in [-0.1, -0.05) is 23.7 Å². The lowest BCUT2D eigenvalue weighted by Crippen LogP contribution is -2.01. The molecule has 0 radical (unpaired) electrons. The molecule has 0 bridgehead atoms. The van der Waals surface area contributed by atoms with Crippen LogP contribution in [0.2, 0.25) is 5.02 Å². The molecule has 19 heavy (non-hydrogen) atoms. The fourth-order valence-corrected chi connectivity index (χ4v) is 2.83. The lowest BCUT2D eigenvalue weighted by atomic mass is 10.3. The molecule has 1 heterocycles. The van der Waals surface area contributed by atoms with Gasteiger partial charge < -0.3 is 4.74 Å². The SMILES string of the molecule is CC(=O)c1sc(CCOc2ccccc2Cl)nc1C. The molecule has 0 N–H and O–H groups in total. The summed E-state index contributed by atoms with van der Waals surface area (Å²) in [5.41, 5.74) is 0.797. The fourth-order valence-electron chi connectivity index (χ4n) is 1.70. The molecule has 2 aromatic rings. The van der Waals surface area contributed by atoms with Crippen LogP contribution in [0.4, 0.5) is 0 Å². The number of para-hydroxylation sites is 1. The average Bonchev–Trinajstić information content (AvgIpc) is 2.73. The van der Waals surface area contributed by atoms with Crippen molar-refractivity contribution in [2.24, 2.45) is 0 Å². The summed E-state index contributed by atoms with van der Waals surface area (Å²) in [5.74, 6) is 0.734. The van der Waals surface area contributed by atoms with Crippen molar-refractivity contribution in [1.82, 2.24) is 4.98 Å². The molecular formula is C14H14ClNO2S. The summed E-state index contributed by atoms with van der Waals surface area (Å²) in [6.07, 6.45) is 0.671. The first-order valence-electron chi connectivity index (χ1n) is 5.92. The molecular weight excluding hydrogens is 282 g/mol. The van der Waals surface area contributed by atoms with Crippen LogP contribution in [0.15, 0.2) is 24.3 Å². The topological polar surface area (TPSA) is 39.2 Å². The molecule has 1 aromatic heterocycles. The average molecular weight is 296 g/mol. The molecule has 0 fully saturated rings. The smallest absolute Gasteiger partial charge is 0.171 e. The van der Waals surface area contributed by atoms with Gasteiger partial charge in [0, 0.05) is 13.3 Å². The number of thiazole rings is 1. The van der Waals surface area contributed by atoms with Gasteiger partial charge >= 0.3 is 0 Å². The van der Waals surface area contributed by atoms with E-state index in [-0.39, 0.29) is 5.78 Å². The van der Waals surface area contributed by atoms with Crippen LogP contribution >= 0.6 is 22.9 Å². The number of hydrogen-bond donors (Lipinski definition) is 0. The normalized spacial score (nSPS) is 10.5. The standard InChI is InChI=1S/C14H14ClNO2S/c1-9-14(10(2)17)19-13(16-9)7-8-18-12-6-4-3-5-11(12)15/h3-6H,7-8H2,1-2H3. The number of ketones is 1. The highest BCUT2D eigenvalue weighted by Gasteiger charge is 2.11. The number of ether oxygens (including phenoxy) is 1. The zero-order chi connectivity index (χ0) is 13.8. The number of carbonyl (C=O) groups excluding carboxylic acids is 1. The van der Waals surface area contributed by atoms with E-state index in [4.69, 9.17) is 16.3 Å². The van der Waals surface area contributed by atoms with E-state index >= 15 is 0 Å². The third kappa shape index (κ3) is 3.55. The second-order valence-electron chi connectivity index (χ2n) is 4.11. The van der Waals surface area contributed by atoms with Gasteiger partial charge in [-0.25, -0.2) is 4.98 Å². The molecule has 0 spiro atoms. The Morgan fingerprint density at radius 1 is 1.42 bits per heavy atom. The minimum atomic E-state index is 0.0632. The largest absolute Gasteiger partial charge is 0.492 e. The van der Waals surface area contributed by atoms with Crippen molar-refractivity contribution in [3.05, 3.63) is 44.9 Å². The Labute approximate surface area is 121 Å². The summed E-state index contributed by atoms with van der Waals surface area (Å²) in [5, 5.41) is 1.51. The van der Waals surface area contributed by atoms with Gasteiger partial charge in [0.2, 0.25) is 0 Å². The van der Waals surface area contributed by atoms with E-state index in [0.717, 1.165) is 15.6 Å². The number of benzene rings is 1. The maximum atomic E-state index is 11.3. The molecule has 0 aliphatic heterocycles. The van der Waals surface area contributed by atoms with Gasteiger partial charge in [0.05, 0.1) is 27.2 Å². The first kappa shape index (κ1) is 14.0. The summed E-state index contributed by atoms with van der Waals surface area (Å²) in [7, 11) is 0. The van der Waals surface area contributed by atoms with Crippen LogP contribution in [0, 0.1) is 6.92 Å². The molecule has 5 heteroatoms. The Bertz CT molecular complexity index is 595. The van der Waals surface area contributed by atoms with Crippen molar-refractivity contribution >= 4 is 28.7 Å². The highest BCUT2D eigenvalue weighted by Crippen LogP contribution is 2.24. The molecule has 0 atom stereocenters. The fraction of sp³-hybridized carbons (Fsp3) is 0.286. The molecule has 2 rings (SSSR count). The quantitative estimate of drug-likeness (QED) is 0.785. The number of Topliss-reactive ketones (excluding diaryl/α,β-unsaturated/α-hetero) is 1. The van der Waals surface area contributed by atoms with E-state index in [1.54, 1.807) is 13.0 Å². The van der Waals surface area contributed by atoms with Crippen LogP contribution < -0.4 is 4.74 Å². The maximum absolute atomic E-state index is 11.3. The van der Waals surface area contributed by atoms with Crippen molar-refractivity contribution in [1.29, 1.82) is 0 Å². The van der Waals surface area contributed by atoms with Gasteiger partial charge in [-0.05, 0) is 19.1 Å². The summed E-state index contributed by atoms with van der Waals surface area (Å²) in [6.45, 7) is 3.91. The number of nitrogens with zero attached hydrogens (tertiary/aromatic N) is 1. The molecule has 0 amide bonds. The van der Waals surface area contributed by atoms with Crippen LogP contribution in [0.5, 0.6) is 5.75 Å². The monoisotopic (exact) mass is 295 g/mol. The Morgan fingerprint density at radius 3 is 2.79 bits per heavy atom. The minimum absolute atomic E-state index is 0.0632. The zero-order valence-electron chi connectivity index (χ0n) is 10.8. The second-order valence-corrected chi connectivity index (χ2v) is 5.60. The Hall–Kier alpha value is -1.39. The molecule has 3 nitrogen and oxygen atoms in total. The maximum Gasteiger partial charge on any atom is 0.171 e. The lowest BCUT2D eigenvalue weighted by Gasteiger charge is -2.06. The van der Waals surface area contributed by atoms with Gasteiger partial charge in [0.25, 0.3) is 0 Å². The van der Waals surface area contributed by atoms with Crippen LogP contribution in [0.1, 0.15) is 27.3 Å². The summed E-state index contributed by atoms with van der Waals surface area (Å²) in [4.78, 5) is 16.4. The number of aryl methyl sites for hydroxylation is 1. The van der Waals surface area contributed by atoms with E-state index in [1.165, 1.54) is 11.3 Å². The van der Waals surface area contributed by atoms with Gasteiger partial charge in [0.1, 0.15) is 5.75 Å². The van der Waals surface area contributed by atoms with Crippen LogP contribution in [0.3, 0.4) is 0 Å². The van der Waals surface area contributed by atoms with E-state index in [2.05, 4.69) is 4.98 Å². The van der Waals surface area contributed by atoms with Gasteiger partial charge in [-0.3, -0.25) is 4.79 Å². The predicted octanol–water partition coefficient (Wildman–Crippen LogP) is 3.93.